The molecule has 18 heavy (non-hydrogen) atoms. The molecule has 1 aliphatic carbocycles. The predicted molar refractivity (Wildman–Crippen MR) is 60.4 cm³/mol. The number of hydrogen-bond donors (Lipinski definition) is 0. The molecule has 0 fully saturated rings. The molecule has 0 aliphatic heterocycles. The Morgan fingerprint density at radius 1 is 0.889 bits per heavy atom. The summed E-state index contributed by atoms with van der Waals surface area (Å²) in [5, 5.41) is 0. The number of carbonyl (C=O) groups excluding carboxylic acids is 3. The number of hydrogen-bond acceptors (Lipinski definition) is 6. The zero-order valence-corrected chi connectivity index (χ0v) is 10.5. The molecular formula is C12H16O6. The van der Waals surface area contributed by atoms with Crippen LogP contribution in [-0.4, -0.2) is 36.2 Å². The quantitative estimate of drug-likeness (QED) is 0.421. The van der Waals surface area contributed by atoms with Crippen molar-refractivity contribution in [2.24, 2.45) is 0 Å². The number of carbonyl (C=O) groups is 3. The molecule has 0 N–H and O–H groups in total. The molecule has 0 aromatic heterocycles. The van der Waals surface area contributed by atoms with Gasteiger partial charge in [-0.05, 0) is 12.2 Å². The van der Waals surface area contributed by atoms with E-state index in [1.165, 1.54) is 20.8 Å². The average molecular weight is 256 g/mol. The minimum atomic E-state index is -0.641. The minimum absolute atomic E-state index is 0.271. The summed E-state index contributed by atoms with van der Waals surface area (Å²) >= 11 is 0. The first-order chi connectivity index (χ1) is 8.38. The SMILES string of the molecule is CC(=O)O[C@H]1C=C[C@H](OC(C)=O)C[C@H]1OC(C)=O. The Balaban J connectivity index is 2.73. The lowest BCUT2D eigenvalue weighted by Gasteiger charge is -2.30. The molecule has 0 amide bonds. The van der Waals surface area contributed by atoms with Crippen LogP contribution >= 0.6 is 0 Å². The lowest BCUT2D eigenvalue weighted by atomic mass is 9.99. The monoisotopic (exact) mass is 256 g/mol. The van der Waals surface area contributed by atoms with Crippen molar-refractivity contribution in [3.63, 3.8) is 0 Å². The van der Waals surface area contributed by atoms with Gasteiger partial charge in [0.05, 0.1) is 0 Å². The molecule has 0 unspecified atom stereocenters. The van der Waals surface area contributed by atoms with Gasteiger partial charge in [-0.1, -0.05) is 0 Å². The fourth-order valence-corrected chi connectivity index (χ4v) is 1.73. The molecule has 1 rings (SSSR count). The highest BCUT2D eigenvalue weighted by atomic mass is 16.6. The fraction of sp³-hybridized carbons (Fsp3) is 0.583. The van der Waals surface area contributed by atoms with Gasteiger partial charge in [0.2, 0.25) is 0 Å². The summed E-state index contributed by atoms with van der Waals surface area (Å²) < 4.78 is 15.1. The van der Waals surface area contributed by atoms with Crippen LogP contribution in [0.1, 0.15) is 27.2 Å². The third kappa shape index (κ3) is 4.57. The van der Waals surface area contributed by atoms with Crippen molar-refractivity contribution in [1.29, 1.82) is 0 Å². The molecule has 0 aromatic carbocycles. The number of esters is 3. The summed E-state index contributed by atoms with van der Waals surface area (Å²) in [5.41, 5.74) is 0. The van der Waals surface area contributed by atoms with Crippen LogP contribution < -0.4 is 0 Å². The topological polar surface area (TPSA) is 78.9 Å². The first-order valence-electron chi connectivity index (χ1n) is 5.58. The molecule has 0 saturated carbocycles. The second-order valence-corrected chi connectivity index (χ2v) is 3.99. The van der Waals surface area contributed by atoms with Crippen LogP contribution in [-0.2, 0) is 28.6 Å². The molecule has 3 atom stereocenters. The van der Waals surface area contributed by atoms with E-state index in [4.69, 9.17) is 14.2 Å². The third-order valence-electron chi connectivity index (χ3n) is 2.28. The maximum absolute atomic E-state index is 11.0. The standard InChI is InChI=1S/C12H16O6/c1-7(13)16-10-4-5-11(17-8(2)14)12(6-10)18-9(3)15/h4-5,10-12H,6H2,1-3H3/t10-,11-,12+/m0/s1. The van der Waals surface area contributed by atoms with Crippen LogP contribution in [0.3, 0.4) is 0 Å². The van der Waals surface area contributed by atoms with E-state index in [-0.39, 0.29) is 6.42 Å². The van der Waals surface area contributed by atoms with Crippen molar-refractivity contribution in [2.45, 2.75) is 45.5 Å². The molecule has 0 spiro atoms. The number of rotatable bonds is 3. The maximum Gasteiger partial charge on any atom is 0.303 e. The van der Waals surface area contributed by atoms with E-state index in [2.05, 4.69) is 0 Å². The highest BCUT2D eigenvalue weighted by Crippen LogP contribution is 2.21. The van der Waals surface area contributed by atoms with E-state index >= 15 is 0 Å². The Morgan fingerprint density at radius 3 is 1.94 bits per heavy atom. The van der Waals surface area contributed by atoms with Crippen molar-refractivity contribution in [2.75, 3.05) is 0 Å². The largest absolute Gasteiger partial charge is 0.458 e. The van der Waals surface area contributed by atoms with Crippen molar-refractivity contribution in [3.8, 4) is 0 Å². The van der Waals surface area contributed by atoms with Crippen LogP contribution in [0.2, 0.25) is 0 Å². The fourth-order valence-electron chi connectivity index (χ4n) is 1.73. The molecule has 0 heterocycles. The molecule has 0 aromatic rings. The lowest BCUT2D eigenvalue weighted by molar-refractivity contribution is -0.166. The normalized spacial score (nSPS) is 26.3. The zero-order valence-electron chi connectivity index (χ0n) is 10.5. The molecule has 6 heteroatoms. The Hall–Kier alpha value is -1.85. The summed E-state index contributed by atoms with van der Waals surface area (Å²) in [6.45, 7) is 3.84. The Bertz CT molecular complexity index is 373. The van der Waals surface area contributed by atoms with Gasteiger partial charge >= 0.3 is 17.9 Å². The van der Waals surface area contributed by atoms with Gasteiger partial charge in [0.25, 0.3) is 0 Å². The van der Waals surface area contributed by atoms with Crippen LogP contribution in [0, 0.1) is 0 Å². The summed E-state index contributed by atoms with van der Waals surface area (Å²) in [6, 6.07) is 0. The first-order valence-corrected chi connectivity index (χ1v) is 5.58. The minimum Gasteiger partial charge on any atom is -0.458 e. The van der Waals surface area contributed by atoms with Gasteiger partial charge < -0.3 is 14.2 Å². The Labute approximate surface area is 105 Å². The third-order valence-corrected chi connectivity index (χ3v) is 2.28. The highest BCUT2D eigenvalue weighted by Gasteiger charge is 2.32. The summed E-state index contributed by atoms with van der Waals surface area (Å²) in [7, 11) is 0. The lowest BCUT2D eigenvalue weighted by Crippen LogP contribution is -2.39. The Kier molecular flexibility index (Phi) is 4.88. The average Bonchev–Trinajstić information content (AvgIpc) is 2.19. The highest BCUT2D eigenvalue weighted by molar-refractivity contribution is 5.68. The van der Waals surface area contributed by atoms with E-state index < -0.39 is 36.2 Å². The van der Waals surface area contributed by atoms with Crippen molar-refractivity contribution < 1.29 is 28.6 Å². The molecule has 0 bridgehead atoms. The van der Waals surface area contributed by atoms with Gasteiger partial charge in [-0.25, -0.2) is 0 Å². The molecular weight excluding hydrogens is 240 g/mol. The van der Waals surface area contributed by atoms with E-state index in [0.717, 1.165) is 0 Å². The predicted octanol–water partition coefficient (Wildman–Crippen LogP) is 0.741. The number of ether oxygens (including phenoxy) is 3. The van der Waals surface area contributed by atoms with Crippen LogP contribution in [0.5, 0.6) is 0 Å². The second kappa shape index (κ2) is 6.18. The van der Waals surface area contributed by atoms with Gasteiger partial charge in [-0.3, -0.25) is 14.4 Å². The van der Waals surface area contributed by atoms with Crippen LogP contribution in [0.25, 0.3) is 0 Å². The molecule has 6 nitrogen and oxygen atoms in total. The molecule has 1 aliphatic rings. The van der Waals surface area contributed by atoms with Gasteiger partial charge in [-0.2, -0.15) is 0 Å². The second-order valence-electron chi connectivity index (χ2n) is 3.99. The molecule has 0 radical (unpaired) electrons. The van der Waals surface area contributed by atoms with Crippen LogP contribution in [0.4, 0.5) is 0 Å². The molecule has 0 saturated heterocycles. The molecule has 100 valence electrons. The van der Waals surface area contributed by atoms with Crippen LogP contribution in [0.15, 0.2) is 12.2 Å². The van der Waals surface area contributed by atoms with Crippen molar-refractivity contribution in [3.05, 3.63) is 12.2 Å². The maximum atomic E-state index is 11.0. The smallest absolute Gasteiger partial charge is 0.303 e. The van der Waals surface area contributed by atoms with Crippen molar-refractivity contribution in [1.82, 2.24) is 0 Å². The zero-order chi connectivity index (χ0) is 13.7. The van der Waals surface area contributed by atoms with E-state index in [0.29, 0.717) is 0 Å². The van der Waals surface area contributed by atoms with E-state index in [1.54, 1.807) is 12.2 Å². The first kappa shape index (κ1) is 14.2. The van der Waals surface area contributed by atoms with Gasteiger partial charge in [0.15, 0.2) is 6.10 Å². The van der Waals surface area contributed by atoms with Gasteiger partial charge in [-0.15, -0.1) is 0 Å². The van der Waals surface area contributed by atoms with Crippen molar-refractivity contribution >= 4 is 17.9 Å². The van der Waals surface area contributed by atoms with Gasteiger partial charge in [0.1, 0.15) is 12.2 Å². The summed E-state index contributed by atoms with van der Waals surface area (Å²) in [4.78, 5) is 32.7. The summed E-state index contributed by atoms with van der Waals surface area (Å²) in [5.74, 6) is -1.36. The van der Waals surface area contributed by atoms with E-state index in [9.17, 15) is 14.4 Å². The van der Waals surface area contributed by atoms with E-state index in [1.807, 2.05) is 0 Å². The Morgan fingerprint density at radius 2 is 1.44 bits per heavy atom. The van der Waals surface area contributed by atoms with Gasteiger partial charge in [0, 0.05) is 27.2 Å². The summed E-state index contributed by atoms with van der Waals surface area (Å²) in [6.07, 6.45) is 1.70.